The second kappa shape index (κ2) is 5.65. The van der Waals surface area contributed by atoms with Crippen LogP contribution in [0.25, 0.3) is 0 Å². The molecule has 0 radical (unpaired) electrons. The standard InChI is InChI=1S/C13H12N6/c1-3-4-19-10-11(6-17-19)9-18(2)13-8-15-12(5-14)7-16-13/h1,6-8,10H,4,9H2,2H3. The van der Waals surface area contributed by atoms with Crippen molar-refractivity contribution in [1.82, 2.24) is 19.7 Å². The maximum absolute atomic E-state index is 8.66. The zero-order chi connectivity index (χ0) is 13.7. The molecular weight excluding hydrogens is 240 g/mol. The summed E-state index contributed by atoms with van der Waals surface area (Å²) >= 11 is 0. The highest BCUT2D eigenvalue weighted by atomic mass is 15.3. The van der Waals surface area contributed by atoms with E-state index >= 15 is 0 Å². The van der Waals surface area contributed by atoms with Crippen molar-refractivity contribution in [2.45, 2.75) is 13.1 Å². The molecule has 19 heavy (non-hydrogen) atoms. The fraction of sp³-hybridized carbons (Fsp3) is 0.231. The monoisotopic (exact) mass is 252 g/mol. The molecule has 0 amide bonds. The Bertz CT molecular complexity index is 628. The molecule has 6 heteroatoms. The van der Waals surface area contributed by atoms with Crippen LogP contribution in [0.2, 0.25) is 0 Å². The van der Waals surface area contributed by atoms with Gasteiger partial charge in [-0.25, -0.2) is 9.97 Å². The molecule has 0 aromatic carbocycles. The van der Waals surface area contributed by atoms with Crippen LogP contribution in [-0.4, -0.2) is 26.8 Å². The molecule has 0 aliphatic rings. The van der Waals surface area contributed by atoms with E-state index in [0.717, 1.165) is 5.56 Å². The molecule has 0 atom stereocenters. The van der Waals surface area contributed by atoms with Crippen molar-refractivity contribution in [2.75, 3.05) is 11.9 Å². The molecule has 2 rings (SSSR count). The molecule has 0 fully saturated rings. The largest absolute Gasteiger partial charge is 0.354 e. The number of nitrogens with zero attached hydrogens (tertiary/aromatic N) is 6. The van der Waals surface area contributed by atoms with Gasteiger partial charge in [-0.15, -0.1) is 6.42 Å². The molecule has 94 valence electrons. The van der Waals surface area contributed by atoms with Crippen LogP contribution in [0.5, 0.6) is 0 Å². The van der Waals surface area contributed by atoms with E-state index < -0.39 is 0 Å². The summed E-state index contributed by atoms with van der Waals surface area (Å²) in [7, 11) is 1.90. The number of hydrogen-bond acceptors (Lipinski definition) is 5. The minimum absolute atomic E-state index is 0.305. The Hall–Kier alpha value is -2.86. The molecule has 0 bridgehead atoms. The van der Waals surface area contributed by atoms with Crippen molar-refractivity contribution in [3.8, 4) is 18.4 Å². The lowest BCUT2D eigenvalue weighted by atomic mass is 10.3. The lowest BCUT2D eigenvalue weighted by Gasteiger charge is -2.16. The van der Waals surface area contributed by atoms with Crippen LogP contribution in [-0.2, 0) is 13.1 Å². The summed E-state index contributed by atoms with van der Waals surface area (Å²) in [4.78, 5) is 10.1. The fourth-order valence-electron chi connectivity index (χ4n) is 1.60. The third-order valence-corrected chi connectivity index (χ3v) is 2.50. The Morgan fingerprint density at radius 1 is 1.37 bits per heavy atom. The van der Waals surface area contributed by atoms with Crippen molar-refractivity contribution in [3.05, 3.63) is 36.0 Å². The topological polar surface area (TPSA) is 70.6 Å². The molecule has 0 saturated heterocycles. The van der Waals surface area contributed by atoms with Gasteiger partial charge < -0.3 is 4.90 Å². The molecule has 0 aliphatic heterocycles. The molecular formula is C13H12N6. The lowest BCUT2D eigenvalue weighted by Crippen LogP contribution is -2.17. The SMILES string of the molecule is C#CCn1cc(CN(C)c2cnc(C#N)cn2)cn1. The Morgan fingerprint density at radius 3 is 2.84 bits per heavy atom. The smallest absolute Gasteiger partial charge is 0.158 e. The number of nitriles is 1. The van der Waals surface area contributed by atoms with Crippen molar-refractivity contribution in [3.63, 3.8) is 0 Å². The summed E-state index contributed by atoms with van der Waals surface area (Å²) in [5, 5.41) is 12.8. The fourth-order valence-corrected chi connectivity index (χ4v) is 1.60. The van der Waals surface area contributed by atoms with Crippen LogP contribution < -0.4 is 4.90 Å². The van der Waals surface area contributed by atoms with E-state index in [0.29, 0.717) is 24.6 Å². The molecule has 6 nitrogen and oxygen atoms in total. The number of rotatable bonds is 4. The van der Waals surface area contributed by atoms with Gasteiger partial charge in [0.25, 0.3) is 0 Å². The van der Waals surface area contributed by atoms with Crippen molar-refractivity contribution in [2.24, 2.45) is 0 Å². The van der Waals surface area contributed by atoms with Crippen LogP contribution in [0.15, 0.2) is 24.8 Å². The van der Waals surface area contributed by atoms with Gasteiger partial charge in [0.2, 0.25) is 0 Å². The summed E-state index contributed by atoms with van der Waals surface area (Å²) in [6.07, 6.45) is 11.9. The normalized spacial score (nSPS) is 9.63. The van der Waals surface area contributed by atoms with Crippen LogP contribution in [0.1, 0.15) is 11.3 Å². The second-order valence-corrected chi connectivity index (χ2v) is 3.98. The van der Waals surface area contributed by atoms with E-state index in [-0.39, 0.29) is 0 Å². The average Bonchev–Trinajstić information content (AvgIpc) is 2.86. The highest BCUT2D eigenvalue weighted by Crippen LogP contribution is 2.10. The van der Waals surface area contributed by atoms with Crippen molar-refractivity contribution < 1.29 is 0 Å². The number of hydrogen-bond donors (Lipinski definition) is 0. The van der Waals surface area contributed by atoms with Gasteiger partial charge in [0, 0.05) is 25.4 Å². The van der Waals surface area contributed by atoms with Gasteiger partial charge in [0.15, 0.2) is 5.69 Å². The average molecular weight is 252 g/mol. The van der Waals surface area contributed by atoms with E-state index in [1.54, 1.807) is 17.1 Å². The zero-order valence-corrected chi connectivity index (χ0v) is 10.5. The molecule has 0 unspecified atom stereocenters. The lowest BCUT2D eigenvalue weighted by molar-refractivity contribution is 0.714. The van der Waals surface area contributed by atoms with E-state index in [9.17, 15) is 0 Å². The first kappa shape index (κ1) is 12.6. The van der Waals surface area contributed by atoms with E-state index in [4.69, 9.17) is 11.7 Å². The van der Waals surface area contributed by atoms with Crippen LogP contribution in [0, 0.1) is 23.7 Å². The van der Waals surface area contributed by atoms with E-state index in [1.807, 2.05) is 24.2 Å². The Labute approximate surface area is 111 Å². The van der Waals surface area contributed by atoms with Crippen molar-refractivity contribution >= 4 is 5.82 Å². The summed E-state index contributed by atoms with van der Waals surface area (Å²) in [6.45, 7) is 1.10. The first-order valence-electron chi connectivity index (χ1n) is 5.61. The third-order valence-electron chi connectivity index (χ3n) is 2.50. The quantitative estimate of drug-likeness (QED) is 0.753. The minimum atomic E-state index is 0.305. The van der Waals surface area contributed by atoms with E-state index in [2.05, 4.69) is 21.0 Å². The van der Waals surface area contributed by atoms with Gasteiger partial charge >= 0.3 is 0 Å². The van der Waals surface area contributed by atoms with Gasteiger partial charge in [0.05, 0.1) is 18.6 Å². The van der Waals surface area contributed by atoms with Crippen LogP contribution in [0.3, 0.4) is 0 Å². The Morgan fingerprint density at radius 2 is 2.21 bits per heavy atom. The molecule has 0 spiro atoms. The maximum atomic E-state index is 8.66. The number of aromatic nitrogens is 4. The van der Waals surface area contributed by atoms with Gasteiger partial charge in [-0.3, -0.25) is 4.68 Å². The molecule has 0 aliphatic carbocycles. The highest BCUT2D eigenvalue weighted by molar-refractivity contribution is 5.36. The van der Waals surface area contributed by atoms with Gasteiger partial charge in [-0.05, 0) is 0 Å². The van der Waals surface area contributed by atoms with Crippen LogP contribution in [0.4, 0.5) is 5.82 Å². The summed E-state index contributed by atoms with van der Waals surface area (Å²) < 4.78 is 1.70. The first-order valence-corrected chi connectivity index (χ1v) is 5.61. The highest BCUT2D eigenvalue weighted by Gasteiger charge is 2.06. The molecule has 0 N–H and O–H groups in total. The van der Waals surface area contributed by atoms with E-state index in [1.165, 1.54) is 6.20 Å². The maximum Gasteiger partial charge on any atom is 0.158 e. The first-order chi connectivity index (χ1) is 9.22. The zero-order valence-electron chi connectivity index (χ0n) is 10.5. The number of terminal acetylenes is 1. The Kier molecular flexibility index (Phi) is 3.75. The van der Waals surface area contributed by atoms with Gasteiger partial charge in [-0.1, -0.05) is 5.92 Å². The summed E-state index contributed by atoms with van der Waals surface area (Å²) in [5.74, 6) is 3.23. The minimum Gasteiger partial charge on any atom is -0.354 e. The predicted octanol–water partition coefficient (Wildman–Crippen LogP) is 0.814. The molecule has 2 heterocycles. The summed E-state index contributed by atoms with van der Waals surface area (Å²) in [6, 6.07) is 1.94. The molecule has 2 aromatic rings. The van der Waals surface area contributed by atoms with Crippen LogP contribution >= 0.6 is 0 Å². The van der Waals surface area contributed by atoms with Gasteiger partial charge in [-0.2, -0.15) is 10.4 Å². The molecule has 2 aromatic heterocycles. The predicted molar refractivity (Wildman–Crippen MR) is 69.9 cm³/mol. The Balaban J connectivity index is 2.05. The number of anilines is 1. The summed E-state index contributed by atoms with van der Waals surface area (Å²) in [5.41, 5.74) is 1.34. The van der Waals surface area contributed by atoms with Crippen molar-refractivity contribution in [1.29, 1.82) is 5.26 Å². The molecule has 0 saturated carbocycles. The third kappa shape index (κ3) is 3.08. The second-order valence-electron chi connectivity index (χ2n) is 3.98. The van der Waals surface area contributed by atoms with Gasteiger partial charge in [0.1, 0.15) is 18.4 Å².